The molecule has 2 heterocycles. The molecule has 0 aliphatic heterocycles. The summed E-state index contributed by atoms with van der Waals surface area (Å²) in [6.45, 7) is 7.01. The molecule has 2 rings (SSSR count). The highest BCUT2D eigenvalue weighted by Crippen LogP contribution is 2.29. The molecule has 0 fully saturated rings. The lowest BCUT2D eigenvalue weighted by atomic mass is 10.1. The molecule has 0 aliphatic rings. The van der Waals surface area contributed by atoms with Crippen molar-refractivity contribution in [1.29, 1.82) is 0 Å². The van der Waals surface area contributed by atoms with E-state index in [-0.39, 0.29) is 5.54 Å². The minimum absolute atomic E-state index is 0.339. The highest BCUT2D eigenvalue weighted by atomic mass is 35.5. The molecule has 0 bridgehead atoms. The molecule has 7 heteroatoms. The molecule has 0 aromatic carbocycles. The summed E-state index contributed by atoms with van der Waals surface area (Å²) in [7, 11) is 0. The molecule has 0 atom stereocenters. The van der Waals surface area contributed by atoms with Crippen molar-refractivity contribution < 1.29 is 0 Å². The number of aromatic nitrogens is 3. The van der Waals surface area contributed by atoms with Crippen molar-refractivity contribution in [2.45, 2.75) is 32.7 Å². The summed E-state index contributed by atoms with van der Waals surface area (Å²) in [6.07, 6.45) is 4.41. The fourth-order valence-electron chi connectivity index (χ4n) is 1.66. The van der Waals surface area contributed by atoms with Crippen molar-refractivity contribution in [2.24, 2.45) is 0 Å². The number of hydrogen-bond donors (Lipinski definition) is 2. The summed E-state index contributed by atoms with van der Waals surface area (Å²) in [4.78, 5) is 12.9. The lowest BCUT2D eigenvalue weighted by Gasteiger charge is -2.25. The molecule has 2 aromatic rings. The fourth-order valence-corrected chi connectivity index (χ4v) is 2.51. The third kappa shape index (κ3) is 3.58. The molecule has 108 valence electrons. The molecule has 0 spiro atoms. The van der Waals surface area contributed by atoms with Crippen molar-refractivity contribution in [3.8, 4) is 0 Å². The number of rotatable bonds is 6. The molecule has 0 amide bonds. The first kappa shape index (κ1) is 15.0. The zero-order valence-electron chi connectivity index (χ0n) is 11.8. The third-order valence-electron chi connectivity index (χ3n) is 2.68. The van der Waals surface area contributed by atoms with E-state index in [1.165, 1.54) is 0 Å². The Morgan fingerprint density at radius 3 is 2.80 bits per heavy atom. The van der Waals surface area contributed by atoms with E-state index in [1.54, 1.807) is 23.7 Å². The SMILES string of the molecule is CCCNc1ncc(Cl)c(NC(C)(C)c2nccs2)n1. The van der Waals surface area contributed by atoms with Gasteiger partial charge >= 0.3 is 0 Å². The average molecular weight is 312 g/mol. The second-order valence-corrected chi connectivity index (χ2v) is 6.21. The summed E-state index contributed by atoms with van der Waals surface area (Å²) in [5.74, 6) is 1.19. The van der Waals surface area contributed by atoms with Gasteiger partial charge in [0.2, 0.25) is 5.95 Å². The molecule has 0 aliphatic carbocycles. The molecular weight excluding hydrogens is 294 g/mol. The molecule has 0 saturated heterocycles. The van der Waals surface area contributed by atoms with Crippen LogP contribution in [0.2, 0.25) is 5.02 Å². The maximum absolute atomic E-state index is 6.17. The molecule has 20 heavy (non-hydrogen) atoms. The zero-order valence-corrected chi connectivity index (χ0v) is 13.3. The number of nitrogens with zero attached hydrogens (tertiary/aromatic N) is 3. The Kier molecular flexibility index (Phi) is 4.77. The van der Waals surface area contributed by atoms with Gasteiger partial charge in [0.1, 0.15) is 10.0 Å². The molecule has 0 radical (unpaired) electrons. The zero-order chi connectivity index (χ0) is 14.6. The van der Waals surface area contributed by atoms with Crippen LogP contribution in [0.5, 0.6) is 0 Å². The monoisotopic (exact) mass is 311 g/mol. The number of hydrogen-bond acceptors (Lipinski definition) is 6. The first-order chi connectivity index (χ1) is 9.53. The minimum Gasteiger partial charge on any atom is -0.357 e. The maximum atomic E-state index is 6.17. The van der Waals surface area contributed by atoms with E-state index in [4.69, 9.17) is 11.6 Å². The average Bonchev–Trinajstić information content (AvgIpc) is 2.94. The lowest BCUT2D eigenvalue weighted by molar-refractivity contribution is 0.601. The van der Waals surface area contributed by atoms with Crippen LogP contribution in [-0.4, -0.2) is 21.5 Å². The van der Waals surface area contributed by atoms with Gasteiger partial charge in [0.05, 0.1) is 11.7 Å². The van der Waals surface area contributed by atoms with Gasteiger partial charge in [-0.1, -0.05) is 18.5 Å². The highest BCUT2D eigenvalue weighted by Gasteiger charge is 2.24. The van der Waals surface area contributed by atoms with Crippen LogP contribution in [-0.2, 0) is 5.54 Å². The van der Waals surface area contributed by atoms with E-state index >= 15 is 0 Å². The van der Waals surface area contributed by atoms with Crippen LogP contribution in [0, 0.1) is 0 Å². The first-order valence-electron chi connectivity index (χ1n) is 6.47. The largest absolute Gasteiger partial charge is 0.357 e. The molecule has 0 unspecified atom stereocenters. The second kappa shape index (κ2) is 6.37. The van der Waals surface area contributed by atoms with Gasteiger partial charge < -0.3 is 10.6 Å². The van der Waals surface area contributed by atoms with Crippen LogP contribution in [0.3, 0.4) is 0 Å². The number of halogens is 1. The Morgan fingerprint density at radius 2 is 2.15 bits per heavy atom. The number of thiazole rings is 1. The normalized spacial score (nSPS) is 11.4. The number of nitrogens with one attached hydrogen (secondary N) is 2. The summed E-state index contributed by atoms with van der Waals surface area (Å²) in [6, 6.07) is 0. The van der Waals surface area contributed by atoms with Gasteiger partial charge in [-0.2, -0.15) is 4.98 Å². The van der Waals surface area contributed by atoms with E-state index < -0.39 is 0 Å². The predicted molar refractivity (Wildman–Crippen MR) is 84.6 cm³/mol. The van der Waals surface area contributed by atoms with Gasteiger partial charge in [-0.15, -0.1) is 11.3 Å². The second-order valence-electron chi connectivity index (χ2n) is 4.90. The predicted octanol–water partition coefficient (Wildman–Crippen LogP) is 3.76. The smallest absolute Gasteiger partial charge is 0.224 e. The molecule has 2 N–H and O–H groups in total. The van der Waals surface area contributed by atoms with E-state index in [0.717, 1.165) is 18.0 Å². The maximum Gasteiger partial charge on any atom is 0.224 e. The minimum atomic E-state index is -0.339. The topological polar surface area (TPSA) is 62.7 Å². The van der Waals surface area contributed by atoms with Gasteiger partial charge in [0.25, 0.3) is 0 Å². The molecule has 0 saturated carbocycles. The van der Waals surface area contributed by atoms with Crippen molar-refractivity contribution in [2.75, 3.05) is 17.2 Å². The van der Waals surface area contributed by atoms with Crippen LogP contribution in [0.1, 0.15) is 32.2 Å². The standard InChI is InChI=1S/C13H18ClN5S/c1-4-5-16-12-17-8-9(14)10(18-12)19-13(2,3)11-15-6-7-20-11/h6-8H,4-5H2,1-3H3,(H2,16,17,18,19). The van der Waals surface area contributed by atoms with E-state index in [1.807, 2.05) is 19.2 Å². The summed E-state index contributed by atoms with van der Waals surface area (Å²) in [5, 5.41) is 9.91. The first-order valence-corrected chi connectivity index (χ1v) is 7.73. The van der Waals surface area contributed by atoms with Gasteiger partial charge in [-0.25, -0.2) is 9.97 Å². The van der Waals surface area contributed by atoms with Crippen molar-refractivity contribution in [1.82, 2.24) is 15.0 Å². The van der Waals surface area contributed by atoms with Crippen LogP contribution in [0.25, 0.3) is 0 Å². The number of anilines is 2. The quantitative estimate of drug-likeness (QED) is 0.850. The Morgan fingerprint density at radius 1 is 1.35 bits per heavy atom. The lowest BCUT2D eigenvalue weighted by Crippen LogP contribution is -2.28. The fraction of sp³-hybridized carbons (Fsp3) is 0.462. The summed E-state index contributed by atoms with van der Waals surface area (Å²) >= 11 is 7.76. The molecule has 5 nitrogen and oxygen atoms in total. The molecular formula is C13H18ClN5S. The highest BCUT2D eigenvalue weighted by molar-refractivity contribution is 7.09. The Bertz CT molecular complexity index is 556. The summed E-state index contributed by atoms with van der Waals surface area (Å²) in [5.41, 5.74) is -0.339. The van der Waals surface area contributed by atoms with Crippen LogP contribution >= 0.6 is 22.9 Å². The Balaban J connectivity index is 2.19. The van der Waals surface area contributed by atoms with Crippen LogP contribution in [0.4, 0.5) is 11.8 Å². The van der Waals surface area contributed by atoms with Crippen molar-refractivity contribution in [3.63, 3.8) is 0 Å². The van der Waals surface area contributed by atoms with Crippen LogP contribution in [0.15, 0.2) is 17.8 Å². The van der Waals surface area contributed by atoms with Crippen molar-refractivity contribution >= 4 is 34.7 Å². The van der Waals surface area contributed by atoms with Crippen LogP contribution < -0.4 is 10.6 Å². The van der Waals surface area contributed by atoms with Gasteiger partial charge in [0.15, 0.2) is 5.82 Å². The van der Waals surface area contributed by atoms with E-state index in [2.05, 4.69) is 32.5 Å². The van der Waals surface area contributed by atoms with Gasteiger partial charge in [-0.05, 0) is 20.3 Å². The van der Waals surface area contributed by atoms with Crippen molar-refractivity contribution in [3.05, 3.63) is 27.8 Å². The Labute approximate surface area is 127 Å². The molecule has 2 aromatic heterocycles. The Hall–Kier alpha value is -1.40. The third-order valence-corrected chi connectivity index (χ3v) is 4.05. The van der Waals surface area contributed by atoms with Gasteiger partial charge in [-0.3, -0.25) is 0 Å². The summed E-state index contributed by atoms with van der Waals surface area (Å²) < 4.78 is 0. The van der Waals surface area contributed by atoms with E-state index in [9.17, 15) is 0 Å². The van der Waals surface area contributed by atoms with E-state index in [0.29, 0.717) is 16.8 Å². The van der Waals surface area contributed by atoms with Gasteiger partial charge in [0, 0.05) is 18.1 Å².